The number of amides is 1. The summed E-state index contributed by atoms with van der Waals surface area (Å²) in [5.41, 5.74) is 1.54. The molecule has 1 heterocycles. The quantitative estimate of drug-likeness (QED) is 0.0919. The van der Waals surface area contributed by atoms with Crippen molar-refractivity contribution in [1.29, 1.82) is 0 Å². The van der Waals surface area contributed by atoms with Gasteiger partial charge in [-0.2, -0.15) is 0 Å². The molecule has 4 aromatic carbocycles. The van der Waals surface area contributed by atoms with Crippen molar-refractivity contribution < 1.29 is 38.8 Å². The molecule has 0 aromatic heterocycles. The van der Waals surface area contributed by atoms with Crippen LogP contribution in [0, 0.1) is 16.2 Å². The first-order valence-electron chi connectivity index (χ1n) is 22.6. The Bertz CT molecular complexity index is 2420. The molecule has 1 aliphatic heterocycles. The van der Waals surface area contributed by atoms with E-state index >= 15 is 4.79 Å². The summed E-state index contributed by atoms with van der Waals surface area (Å²) in [7, 11) is 3.17. The van der Waals surface area contributed by atoms with Crippen molar-refractivity contribution in [2.24, 2.45) is 16.2 Å². The molecule has 1 saturated heterocycles. The van der Waals surface area contributed by atoms with Gasteiger partial charge < -0.3 is 29.3 Å². The molecule has 9 heteroatoms. The zero-order chi connectivity index (χ0) is 45.0. The molecular weight excluding hydrogens is 791 g/mol. The van der Waals surface area contributed by atoms with Crippen molar-refractivity contribution in [3.8, 4) is 22.6 Å². The van der Waals surface area contributed by atoms with E-state index in [0.717, 1.165) is 34.2 Å². The fraction of sp³-hybridized carbons (Fsp3) is 0.463. The number of fused-ring (bicyclic) bond motifs is 10. The number of ether oxygens (including phenoxy) is 3. The van der Waals surface area contributed by atoms with E-state index < -0.39 is 33.6 Å². The molecule has 4 aromatic rings. The van der Waals surface area contributed by atoms with Crippen LogP contribution < -0.4 is 9.47 Å². The van der Waals surface area contributed by atoms with E-state index in [0.29, 0.717) is 74.0 Å². The molecule has 0 radical (unpaired) electrons. The van der Waals surface area contributed by atoms with Crippen LogP contribution in [-0.2, 0) is 27.3 Å². The minimum absolute atomic E-state index is 0.0304. The van der Waals surface area contributed by atoms with Crippen LogP contribution in [0.4, 0.5) is 0 Å². The average Bonchev–Trinajstić information content (AvgIpc) is 3.72. The maximum atomic E-state index is 15.5. The van der Waals surface area contributed by atoms with E-state index in [2.05, 4.69) is 19.9 Å². The van der Waals surface area contributed by atoms with Crippen LogP contribution in [0.15, 0.2) is 103 Å². The lowest BCUT2D eigenvalue weighted by molar-refractivity contribution is -0.178. The van der Waals surface area contributed by atoms with E-state index in [1.807, 2.05) is 106 Å². The van der Waals surface area contributed by atoms with Crippen LogP contribution in [-0.4, -0.2) is 70.8 Å². The molecule has 6 unspecified atom stereocenters. The van der Waals surface area contributed by atoms with E-state index in [1.165, 1.54) is 5.57 Å². The summed E-state index contributed by atoms with van der Waals surface area (Å²) in [5.74, 6) is 0.0807. The van der Waals surface area contributed by atoms with Gasteiger partial charge in [0, 0.05) is 40.1 Å². The van der Waals surface area contributed by atoms with Crippen molar-refractivity contribution in [3.05, 3.63) is 130 Å². The van der Waals surface area contributed by atoms with Crippen molar-refractivity contribution in [1.82, 2.24) is 4.90 Å². The molecule has 9 nitrogen and oxygen atoms in total. The number of benzene rings is 4. The second-order valence-corrected chi connectivity index (χ2v) is 19.7. The van der Waals surface area contributed by atoms with Gasteiger partial charge >= 0.3 is 5.97 Å². The molecule has 3 fully saturated rings. The highest BCUT2D eigenvalue weighted by atomic mass is 16.6. The monoisotopic (exact) mass is 853 g/mol. The third-order valence-corrected chi connectivity index (χ3v) is 16.2. The number of hydrogen-bond donors (Lipinski definition) is 2. The zero-order valence-corrected chi connectivity index (χ0v) is 38.0. The third kappa shape index (κ3) is 7.49. The minimum Gasteiger partial charge on any atom is -0.497 e. The lowest BCUT2D eigenvalue weighted by Gasteiger charge is -2.47. The normalized spacial score (nSPS) is 28.7. The second kappa shape index (κ2) is 16.7. The van der Waals surface area contributed by atoms with Crippen LogP contribution in [0.25, 0.3) is 11.1 Å². The lowest BCUT2D eigenvalue weighted by atomic mass is 9.64. The fourth-order valence-electron chi connectivity index (χ4n) is 11.5. The number of aliphatic hydroxyl groups is 2. The van der Waals surface area contributed by atoms with Crippen molar-refractivity contribution in [2.75, 3.05) is 20.8 Å². The second-order valence-electron chi connectivity index (χ2n) is 19.7. The van der Waals surface area contributed by atoms with E-state index in [-0.39, 0.29) is 36.7 Å². The van der Waals surface area contributed by atoms with Gasteiger partial charge in [-0.25, -0.2) is 0 Å². The summed E-state index contributed by atoms with van der Waals surface area (Å²) in [6.07, 6.45) is 6.47. The molecule has 0 spiro atoms. The average molecular weight is 854 g/mol. The minimum atomic E-state index is -1.43. The number of allylic oxidation sites excluding steroid dienone is 2. The zero-order valence-electron chi connectivity index (χ0n) is 38.0. The molecule has 63 heavy (non-hydrogen) atoms. The number of carbonyl (C=O) groups excluding carboxylic acids is 3. The molecule has 1 amide bonds. The van der Waals surface area contributed by atoms with Gasteiger partial charge in [0.15, 0.2) is 11.4 Å². The van der Waals surface area contributed by atoms with Crippen LogP contribution in [0.2, 0.25) is 0 Å². The largest absolute Gasteiger partial charge is 0.497 e. The standard InChI is InChI=1S/C54H63NO8/c1-35-12-11-26-51(4)45(43-24-16-36(30-41(56)22-15-35)31-44(43)47(57)39-19-17-38(18-20-39)37-13-9-8-10-14-37)25-27-53(51,60)34-55(33-40-21-23-42(61-6)32-46(40)62-7)48(58)54-29-28-52(5,49(59)63-54)50(54,2)3/h8-10,12-14,16-21,23-24,31-32,41,45,56,60H,11,15,22,25-30,33-34H2,1-7H3. The topological polar surface area (TPSA) is 123 Å². The Morgan fingerprint density at radius 1 is 0.841 bits per heavy atom. The van der Waals surface area contributed by atoms with Crippen LogP contribution in [0.3, 0.4) is 0 Å². The first-order chi connectivity index (χ1) is 30.0. The SMILES string of the molecule is COc1ccc(CN(CC2(O)CCC3c4ccc(cc4C(=O)c4ccc(-c5ccccc5)cc4)CC(O)CCC(C)=CCCC32C)C(=O)C23CCC(C)(C(=O)O2)C3(C)C)c(OC)c1. The summed E-state index contributed by atoms with van der Waals surface area (Å²) < 4.78 is 17.5. The maximum absolute atomic E-state index is 15.5. The summed E-state index contributed by atoms with van der Waals surface area (Å²) in [4.78, 5) is 45.7. The smallest absolute Gasteiger partial charge is 0.313 e. The fourth-order valence-corrected chi connectivity index (χ4v) is 11.5. The highest BCUT2D eigenvalue weighted by Crippen LogP contribution is 2.66. The summed E-state index contributed by atoms with van der Waals surface area (Å²) in [6.45, 7) is 10.1. The Morgan fingerprint density at radius 3 is 2.24 bits per heavy atom. The van der Waals surface area contributed by atoms with Crippen molar-refractivity contribution in [2.45, 2.75) is 122 Å². The van der Waals surface area contributed by atoms with Gasteiger partial charge in [-0.3, -0.25) is 14.4 Å². The number of hydrogen-bond acceptors (Lipinski definition) is 8. The molecule has 4 bridgehead atoms. The van der Waals surface area contributed by atoms with Crippen molar-refractivity contribution >= 4 is 17.7 Å². The highest BCUT2D eigenvalue weighted by Gasteiger charge is 2.76. The van der Waals surface area contributed by atoms with E-state index in [1.54, 1.807) is 25.2 Å². The van der Waals surface area contributed by atoms with E-state index in [9.17, 15) is 19.8 Å². The molecule has 9 rings (SSSR count). The summed E-state index contributed by atoms with van der Waals surface area (Å²) in [5, 5.41) is 24.7. The number of rotatable bonds is 10. The first-order valence-corrected chi connectivity index (χ1v) is 22.6. The van der Waals surface area contributed by atoms with Gasteiger partial charge in [-0.1, -0.05) is 99.2 Å². The number of methoxy groups -OCH3 is 2. The Hall–Kier alpha value is -5.25. The number of carbonyl (C=O) groups is 3. The number of nitrogens with zero attached hydrogens (tertiary/aromatic N) is 1. The van der Waals surface area contributed by atoms with Crippen LogP contribution in [0.5, 0.6) is 11.5 Å². The van der Waals surface area contributed by atoms with Gasteiger partial charge in [0.1, 0.15) is 11.5 Å². The Kier molecular flexibility index (Phi) is 11.8. The molecule has 4 aliphatic carbocycles. The Balaban J connectivity index is 1.22. The first kappa shape index (κ1) is 44.4. The lowest BCUT2D eigenvalue weighted by Crippen LogP contribution is -2.60. The van der Waals surface area contributed by atoms with Crippen LogP contribution in [0.1, 0.15) is 125 Å². The maximum Gasteiger partial charge on any atom is 0.313 e. The number of ketones is 1. The molecule has 2 saturated carbocycles. The van der Waals surface area contributed by atoms with E-state index in [4.69, 9.17) is 14.2 Å². The Labute approximate surface area is 372 Å². The van der Waals surface area contributed by atoms with Crippen LogP contribution >= 0.6 is 0 Å². The van der Waals surface area contributed by atoms with Crippen molar-refractivity contribution in [3.63, 3.8) is 0 Å². The third-order valence-electron chi connectivity index (χ3n) is 16.2. The number of aliphatic hydroxyl groups excluding tert-OH is 1. The highest BCUT2D eigenvalue weighted by molar-refractivity contribution is 6.10. The molecule has 332 valence electrons. The molecular formula is C54H63NO8. The molecule has 6 atom stereocenters. The predicted molar refractivity (Wildman–Crippen MR) is 244 cm³/mol. The van der Waals surface area contributed by atoms with Gasteiger partial charge in [-0.05, 0) is 118 Å². The van der Waals surface area contributed by atoms with Gasteiger partial charge in [0.05, 0.1) is 37.9 Å². The summed E-state index contributed by atoms with van der Waals surface area (Å²) >= 11 is 0. The predicted octanol–water partition coefficient (Wildman–Crippen LogP) is 9.79. The number of esters is 1. The van der Waals surface area contributed by atoms with Gasteiger partial charge in [-0.15, -0.1) is 0 Å². The summed E-state index contributed by atoms with van der Waals surface area (Å²) in [6, 6.07) is 29.3. The van der Waals surface area contributed by atoms with Gasteiger partial charge in [0.2, 0.25) is 0 Å². The molecule has 5 aliphatic rings. The molecule has 2 N–H and O–H groups in total. The Morgan fingerprint density at radius 2 is 1.57 bits per heavy atom. The van der Waals surface area contributed by atoms with Gasteiger partial charge in [0.25, 0.3) is 5.91 Å².